The van der Waals surface area contributed by atoms with Crippen molar-refractivity contribution in [2.45, 2.75) is 66.0 Å². The van der Waals surface area contributed by atoms with Crippen molar-refractivity contribution in [2.75, 3.05) is 6.54 Å². The molecule has 122 valence electrons. The minimum atomic E-state index is -0.868. The van der Waals surface area contributed by atoms with Gasteiger partial charge in [0.2, 0.25) is 5.91 Å². The Bertz CT molecular complexity index is 395. The molecule has 21 heavy (non-hydrogen) atoms. The van der Waals surface area contributed by atoms with Gasteiger partial charge < -0.3 is 15.7 Å². The molecule has 0 bridgehead atoms. The molecular formula is C16H30N2O3. The molecule has 0 aromatic rings. The van der Waals surface area contributed by atoms with Gasteiger partial charge in [0, 0.05) is 24.5 Å². The third-order valence-electron chi connectivity index (χ3n) is 5.43. The van der Waals surface area contributed by atoms with Crippen LogP contribution < -0.4 is 5.73 Å². The Balaban J connectivity index is 2.91. The molecule has 4 atom stereocenters. The van der Waals surface area contributed by atoms with Crippen molar-refractivity contribution in [3.63, 3.8) is 0 Å². The topological polar surface area (TPSA) is 83.6 Å². The summed E-state index contributed by atoms with van der Waals surface area (Å²) < 4.78 is 0. The van der Waals surface area contributed by atoms with E-state index in [4.69, 9.17) is 10.8 Å². The third kappa shape index (κ3) is 3.76. The Morgan fingerprint density at radius 2 is 1.95 bits per heavy atom. The van der Waals surface area contributed by atoms with E-state index < -0.39 is 5.97 Å². The maximum absolute atomic E-state index is 12.9. The molecule has 0 spiro atoms. The fraction of sp³-hybridized carbons (Fsp3) is 0.875. The Hall–Kier alpha value is -1.10. The van der Waals surface area contributed by atoms with E-state index in [2.05, 4.69) is 20.8 Å². The van der Waals surface area contributed by atoms with Crippen molar-refractivity contribution < 1.29 is 14.7 Å². The lowest BCUT2D eigenvalue weighted by Crippen LogP contribution is -2.54. The van der Waals surface area contributed by atoms with Crippen molar-refractivity contribution in [3.05, 3.63) is 0 Å². The highest BCUT2D eigenvalue weighted by Gasteiger charge is 2.46. The molecule has 1 aliphatic carbocycles. The largest absolute Gasteiger partial charge is 0.481 e. The van der Waals surface area contributed by atoms with Crippen LogP contribution in [0.25, 0.3) is 0 Å². The summed E-state index contributed by atoms with van der Waals surface area (Å²) in [4.78, 5) is 25.5. The average molecular weight is 298 g/mol. The number of carbonyl (C=O) groups excluding carboxylic acids is 1. The monoisotopic (exact) mass is 298 g/mol. The van der Waals surface area contributed by atoms with Gasteiger partial charge in [-0.15, -0.1) is 0 Å². The van der Waals surface area contributed by atoms with Crippen LogP contribution in [0.3, 0.4) is 0 Å². The first kappa shape index (κ1) is 18.0. The third-order valence-corrected chi connectivity index (χ3v) is 5.43. The van der Waals surface area contributed by atoms with Gasteiger partial charge in [-0.05, 0) is 38.0 Å². The quantitative estimate of drug-likeness (QED) is 0.814. The van der Waals surface area contributed by atoms with Crippen LogP contribution in [-0.4, -0.2) is 40.5 Å². The number of rotatable bonds is 5. The second-order valence-electron chi connectivity index (χ2n) is 6.97. The van der Waals surface area contributed by atoms with Crippen molar-refractivity contribution in [2.24, 2.45) is 23.0 Å². The molecule has 0 radical (unpaired) electrons. The van der Waals surface area contributed by atoms with Crippen LogP contribution in [0.4, 0.5) is 0 Å². The van der Waals surface area contributed by atoms with Gasteiger partial charge in [0.1, 0.15) is 0 Å². The summed E-state index contributed by atoms with van der Waals surface area (Å²) in [6.45, 7) is 10.6. The zero-order valence-electron chi connectivity index (χ0n) is 13.9. The number of carboxylic acid groups (broad SMARTS) is 1. The van der Waals surface area contributed by atoms with Crippen molar-refractivity contribution >= 4 is 11.9 Å². The molecule has 0 heterocycles. The van der Waals surface area contributed by atoms with Crippen LogP contribution in [0, 0.1) is 17.3 Å². The molecular weight excluding hydrogens is 268 g/mol. The van der Waals surface area contributed by atoms with Gasteiger partial charge in [-0.2, -0.15) is 0 Å². The van der Waals surface area contributed by atoms with Crippen LogP contribution in [-0.2, 0) is 9.59 Å². The van der Waals surface area contributed by atoms with Crippen LogP contribution in [0.1, 0.15) is 53.9 Å². The van der Waals surface area contributed by atoms with E-state index in [1.54, 1.807) is 11.8 Å². The Kier molecular flexibility index (Phi) is 5.79. The Labute approximate surface area is 127 Å². The number of nitrogens with two attached hydrogens (primary N) is 1. The highest BCUT2D eigenvalue weighted by molar-refractivity contribution is 5.81. The lowest BCUT2D eigenvalue weighted by molar-refractivity contribution is -0.147. The average Bonchev–Trinajstić information content (AvgIpc) is 2.35. The van der Waals surface area contributed by atoms with Crippen LogP contribution in [0.2, 0.25) is 0 Å². The summed E-state index contributed by atoms with van der Waals surface area (Å²) in [5, 5.41) is 8.95. The van der Waals surface area contributed by atoms with E-state index in [1.165, 1.54) is 0 Å². The summed E-state index contributed by atoms with van der Waals surface area (Å²) in [7, 11) is 0. The van der Waals surface area contributed by atoms with Crippen LogP contribution in [0.5, 0.6) is 0 Å². The molecule has 0 saturated heterocycles. The van der Waals surface area contributed by atoms with Gasteiger partial charge >= 0.3 is 5.97 Å². The van der Waals surface area contributed by atoms with E-state index in [1.807, 2.05) is 6.92 Å². The van der Waals surface area contributed by atoms with Gasteiger partial charge in [0.25, 0.3) is 0 Å². The molecule has 1 amide bonds. The van der Waals surface area contributed by atoms with Crippen molar-refractivity contribution in [1.82, 2.24) is 4.90 Å². The SMILES string of the molecule is CCN(C(=O)C1CCC(N)C(C)C1(C)C)C(C)CC(=O)O. The number of amides is 1. The fourth-order valence-electron chi connectivity index (χ4n) is 3.54. The smallest absolute Gasteiger partial charge is 0.305 e. The second-order valence-corrected chi connectivity index (χ2v) is 6.97. The van der Waals surface area contributed by atoms with E-state index in [0.717, 1.165) is 12.8 Å². The first-order valence-electron chi connectivity index (χ1n) is 7.90. The molecule has 1 rings (SSSR count). The Morgan fingerprint density at radius 1 is 1.38 bits per heavy atom. The first-order chi connectivity index (χ1) is 9.62. The maximum Gasteiger partial charge on any atom is 0.305 e. The molecule has 0 aromatic heterocycles. The molecule has 1 saturated carbocycles. The lowest BCUT2D eigenvalue weighted by atomic mass is 9.60. The Morgan fingerprint density at radius 3 is 2.43 bits per heavy atom. The molecule has 4 unspecified atom stereocenters. The van der Waals surface area contributed by atoms with Crippen LogP contribution >= 0.6 is 0 Å². The number of hydrogen-bond donors (Lipinski definition) is 2. The second kappa shape index (κ2) is 6.77. The molecule has 3 N–H and O–H groups in total. The van der Waals surface area contributed by atoms with Gasteiger partial charge in [-0.1, -0.05) is 20.8 Å². The van der Waals surface area contributed by atoms with Gasteiger partial charge in [-0.3, -0.25) is 9.59 Å². The fourth-order valence-corrected chi connectivity index (χ4v) is 3.54. The summed E-state index contributed by atoms with van der Waals surface area (Å²) in [6.07, 6.45) is 1.63. The summed E-state index contributed by atoms with van der Waals surface area (Å²) in [5.41, 5.74) is 5.99. The van der Waals surface area contributed by atoms with Crippen molar-refractivity contribution in [3.8, 4) is 0 Å². The number of carboxylic acids is 1. The normalized spacial score (nSPS) is 29.7. The highest BCUT2D eigenvalue weighted by atomic mass is 16.4. The number of hydrogen-bond acceptors (Lipinski definition) is 3. The standard InChI is InChI=1S/C16H30N2O3/c1-6-18(10(2)9-14(19)20)15(21)12-7-8-13(17)11(3)16(12,4)5/h10-13H,6-9,17H2,1-5H3,(H,19,20). The lowest BCUT2D eigenvalue weighted by Gasteiger charge is -2.47. The summed E-state index contributed by atoms with van der Waals surface area (Å²) in [5.74, 6) is -0.598. The van der Waals surface area contributed by atoms with Gasteiger partial charge in [-0.25, -0.2) is 0 Å². The number of carbonyl (C=O) groups is 2. The highest BCUT2D eigenvalue weighted by Crippen LogP contribution is 2.45. The molecule has 0 aromatic carbocycles. The predicted molar refractivity (Wildman–Crippen MR) is 82.7 cm³/mol. The van der Waals surface area contributed by atoms with E-state index >= 15 is 0 Å². The maximum atomic E-state index is 12.9. The van der Waals surface area contributed by atoms with E-state index in [9.17, 15) is 9.59 Å². The van der Waals surface area contributed by atoms with Crippen LogP contribution in [0.15, 0.2) is 0 Å². The predicted octanol–water partition coefficient (Wildman–Crippen LogP) is 2.10. The zero-order valence-corrected chi connectivity index (χ0v) is 13.9. The van der Waals surface area contributed by atoms with Gasteiger partial charge in [0.15, 0.2) is 0 Å². The molecule has 5 nitrogen and oxygen atoms in total. The molecule has 1 fully saturated rings. The first-order valence-corrected chi connectivity index (χ1v) is 7.90. The van der Waals surface area contributed by atoms with E-state index in [-0.39, 0.29) is 41.7 Å². The minimum absolute atomic E-state index is 0.0121. The summed E-state index contributed by atoms with van der Waals surface area (Å²) in [6, 6.07) is -0.141. The van der Waals surface area contributed by atoms with Gasteiger partial charge in [0.05, 0.1) is 6.42 Å². The van der Waals surface area contributed by atoms with Crippen molar-refractivity contribution in [1.29, 1.82) is 0 Å². The summed E-state index contributed by atoms with van der Waals surface area (Å²) >= 11 is 0. The molecule has 1 aliphatic rings. The number of aliphatic carboxylic acids is 1. The zero-order chi connectivity index (χ0) is 16.4. The minimum Gasteiger partial charge on any atom is -0.481 e. The molecule has 5 heteroatoms. The number of nitrogens with zero attached hydrogens (tertiary/aromatic N) is 1. The van der Waals surface area contributed by atoms with E-state index in [0.29, 0.717) is 6.54 Å². The molecule has 0 aliphatic heterocycles.